The van der Waals surface area contributed by atoms with Crippen LogP contribution in [0.4, 0.5) is 5.69 Å². The number of rotatable bonds is 4. The molecule has 1 N–H and O–H groups in total. The van der Waals surface area contributed by atoms with Crippen LogP contribution in [-0.2, 0) is 11.3 Å². The molecule has 0 atom stereocenters. The maximum atomic E-state index is 12.9. The van der Waals surface area contributed by atoms with Gasteiger partial charge in [0.05, 0.1) is 23.8 Å². The zero-order valence-electron chi connectivity index (χ0n) is 15.7. The first-order valence-electron chi connectivity index (χ1n) is 9.03. The van der Waals surface area contributed by atoms with Gasteiger partial charge in [-0.25, -0.2) is 0 Å². The van der Waals surface area contributed by atoms with Crippen molar-refractivity contribution in [1.82, 2.24) is 4.57 Å². The Labute approximate surface area is 162 Å². The number of fused-ring (bicyclic) bond motifs is 2. The van der Waals surface area contributed by atoms with Gasteiger partial charge in [-0.05, 0) is 48.9 Å². The van der Waals surface area contributed by atoms with Gasteiger partial charge in [0.1, 0.15) is 12.3 Å². The Balaban J connectivity index is 1.79. The SMILES string of the molecule is COc1ccc(C)cc1NC(=O)Cn1c2ccccc2c(=O)c2ccccc21. The first-order chi connectivity index (χ1) is 13.6. The van der Waals surface area contributed by atoms with Crippen LogP contribution in [0, 0.1) is 6.92 Å². The summed E-state index contributed by atoms with van der Waals surface area (Å²) in [7, 11) is 1.57. The first-order valence-corrected chi connectivity index (χ1v) is 9.03. The molecule has 1 aromatic heterocycles. The molecule has 4 aromatic rings. The molecular weight excluding hydrogens is 352 g/mol. The van der Waals surface area contributed by atoms with Gasteiger partial charge in [-0.1, -0.05) is 30.3 Å². The van der Waals surface area contributed by atoms with E-state index in [4.69, 9.17) is 4.74 Å². The predicted molar refractivity (Wildman–Crippen MR) is 112 cm³/mol. The van der Waals surface area contributed by atoms with E-state index in [1.165, 1.54) is 0 Å². The number of ether oxygens (including phenoxy) is 1. The normalized spacial score (nSPS) is 10.9. The van der Waals surface area contributed by atoms with Gasteiger partial charge in [-0.2, -0.15) is 0 Å². The fraction of sp³-hybridized carbons (Fsp3) is 0.130. The van der Waals surface area contributed by atoms with E-state index in [1.807, 2.05) is 66.1 Å². The van der Waals surface area contributed by atoms with E-state index in [0.717, 1.165) is 16.6 Å². The Hall–Kier alpha value is -3.60. The molecule has 0 radical (unpaired) electrons. The number of nitrogens with zero attached hydrogens (tertiary/aromatic N) is 1. The molecule has 0 saturated carbocycles. The molecular formula is C23H20N2O3. The molecule has 1 heterocycles. The number of para-hydroxylation sites is 2. The highest BCUT2D eigenvalue weighted by Crippen LogP contribution is 2.25. The Kier molecular flexibility index (Phi) is 4.57. The van der Waals surface area contributed by atoms with E-state index < -0.39 is 0 Å². The Morgan fingerprint density at radius 1 is 0.964 bits per heavy atom. The number of methoxy groups -OCH3 is 1. The van der Waals surface area contributed by atoms with Crippen molar-refractivity contribution in [2.75, 3.05) is 12.4 Å². The maximum absolute atomic E-state index is 12.9. The van der Waals surface area contributed by atoms with Gasteiger partial charge in [0.2, 0.25) is 5.91 Å². The predicted octanol–water partition coefficient (Wildman–Crippen LogP) is 4.11. The standard InChI is InChI=1S/C23H20N2O3/c1-15-11-12-21(28-2)18(13-15)24-22(26)14-25-19-9-5-3-7-16(19)23(27)17-8-4-6-10-20(17)25/h3-13H,14H2,1-2H3,(H,24,26). The molecule has 0 aliphatic heterocycles. The number of aromatic nitrogens is 1. The monoisotopic (exact) mass is 372 g/mol. The van der Waals surface area contributed by atoms with Crippen molar-refractivity contribution in [1.29, 1.82) is 0 Å². The summed E-state index contributed by atoms with van der Waals surface area (Å²) in [5.74, 6) is 0.413. The highest BCUT2D eigenvalue weighted by atomic mass is 16.5. The third-order valence-electron chi connectivity index (χ3n) is 4.81. The summed E-state index contributed by atoms with van der Waals surface area (Å²) in [6.07, 6.45) is 0. The van der Waals surface area contributed by atoms with Crippen LogP contribution in [0.1, 0.15) is 5.56 Å². The van der Waals surface area contributed by atoms with Crippen molar-refractivity contribution in [3.8, 4) is 5.75 Å². The van der Waals surface area contributed by atoms with Crippen molar-refractivity contribution < 1.29 is 9.53 Å². The topological polar surface area (TPSA) is 60.3 Å². The molecule has 0 spiro atoms. The van der Waals surface area contributed by atoms with E-state index in [-0.39, 0.29) is 17.9 Å². The molecule has 140 valence electrons. The van der Waals surface area contributed by atoms with Crippen LogP contribution in [0.5, 0.6) is 5.75 Å². The number of nitrogens with one attached hydrogen (secondary N) is 1. The van der Waals surface area contributed by atoms with Crippen molar-refractivity contribution in [2.24, 2.45) is 0 Å². The summed E-state index contributed by atoms with van der Waals surface area (Å²) in [4.78, 5) is 25.7. The van der Waals surface area contributed by atoms with Crippen molar-refractivity contribution in [2.45, 2.75) is 13.5 Å². The molecule has 0 unspecified atom stereocenters. The Bertz CT molecular complexity index is 1200. The lowest BCUT2D eigenvalue weighted by atomic mass is 10.1. The van der Waals surface area contributed by atoms with Gasteiger partial charge in [0.25, 0.3) is 0 Å². The van der Waals surface area contributed by atoms with Crippen LogP contribution in [0.3, 0.4) is 0 Å². The summed E-state index contributed by atoms with van der Waals surface area (Å²) in [6.45, 7) is 2.04. The van der Waals surface area contributed by atoms with Crippen LogP contribution < -0.4 is 15.5 Å². The largest absolute Gasteiger partial charge is 0.495 e. The van der Waals surface area contributed by atoms with Crippen molar-refractivity contribution in [3.05, 3.63) is 82.5 Å². The molecule has 5 heteroatoms. The molecule has 5 nitrogen and oxygen atoms in total. The maximum Gasteiger partial charge on any atom is 0.244 e. The molecule has 1 amide bonds. The minimum absolute atomic E-state index is 0.0248. The summed E-state index contributed by atoms with van der Waals surface area (Å²) in [5, 5.41) is 4.13. The zero-order chi connectivity index (χ0) is 19.7. The second kappa shape index (κ2) is 7.19. The van der Waals surface area contributed by atoms with Crippen LogP contribution in [0.2, 0.25) is 0 Å². The zero-order valence-corrected chi connectivity index (χ0v) is 15.7. The quantitative estimate of drug-likeness (QED) is 0.549. The van der Waals surface area contributed by atoms with Gasteiger partial charge < -0.3 is 14.6 Å². The molecule has 0 aliphatic carbocycles. The number of hydrogen-bond acceptors (Lipinski definition) is 3. The van der Waals surface area contributed by atoms with Crippen LogP contribution in [0.25, 0.3) is 21.8 Å². The summed E-state index contributed by atoms with van der Waals surface area (Å²) in [6, 6.07) is 20.4. The van der Waals surface area contributed by atoms with Gasteiger partial charge in [-0.3, -0.25) is 9.59 Å². The molecule has 28 heavy (non-hydrogen) atoms. The Morgan fingerprint density at radius 2 is 1.57 bits per heavy atom. The number of anilines is 1. The highest BCUT2D eigenvalue weighted by Gasteiger charge is 2.14. The number of carbonyl (C=O) groups is 1. The summed E-state index contributed by atoms with van der Waals surface area (Å²) < 4.78 is 7.22. The average Bonchev–Trinajstić information content (AvgIpc) is 2.71. The molecule has 4 rings (SSSR count). The van der Waals surface area contributed by atoms with Gasteiger partial charge >= 0.3 is 0 Å². The molecule has 0 fully saturated rings. The lowest BCUT2D eigenvalue weighted by molar-refractivity contribution is -0.116. The van der Waals surface area contributed by atoms with Crippen molar-refractivity contribution >= 4 is 33.4 Å². The molecule has 0 aliphatic rings. The van der Waals surface area contributed by atoms with Gasteiger partial charge in [0, 0.05) is 10.8 Å². The summed E-state index contributed by atoms with van der Waals surface area (Å²) >= 11 is 0. The molecule has 3 aromatic carbocycles. The number of amides is 1. The van der Waals surface area contributed by atoms with Gasteiger partial charge in [-0.15, -0.1) is 0 Å². The number of aryl methyl sites for hydroxylation is 1. The van der Waals surface area contributed by atoms with Crippen LogP contribution in [0.15, 0.2) is 71.5 Å². The van der Waals surface area contributed by atoms with E-state index in [0.29, 0.717) is 22.2 Å². The van der Waals surface area contributed by atoms with Crippen LogP contribution in [-0.4, -0.2) is 17.6 Å². The molecule has 0 saturated heterocycles. The highest BCUT2D eigenvalue weighted by molar-refractivity contribution is 5.97. The van der Waals surface area contributed by atoms with E-state index >= 15 is 0 Å². The second-order valence-electron chi connectivity index (χ2n) is 6.70. The third-order valence-corrected chi connectivity index (χ3v) is 4.81. The average molecular weight is 372 g/mol. The minimum atomic E-state index is -0.192. The first kappa shape index (κ1) is 17.8. The fourth-order valence-corrected chi connectivity index (χ4v) is 3.50. The Morgan fingerprint density at radius 3 is 2.18 bits per heavy atom. The van der Waals surface area contributed by atoms with Gasteiger partial charge in [0.15, 0.2) is 5.43 Å². The second-order valence-corrected chi connectivity index (χ2v) is 6.70. The van der Waals surface area contributed by atoms with Crippen LogP contribution >= 0.6 is 0 Å². The minimum Gasteiger partial charge on any atom is -0.495 e. The third kappa shape index (κ3) is 3.11. The number of hydrogen-bond donors (Lipinski definition) is 1. The number of benzene rings is 3. The van der Waals surface area contributed by atoms with E-state index in [9.17, 15) is 9.59 Å². The van der Waals surface area contributed by atoms with E-state index in [2.05, 4.69) is 5.32 Å². The molecule has 0 bridgehead atoms. The lowest BCUT2D eigenvalue weighted by Crippen LogP contribution is -2.21. The smallest absolute Gasteiger partial charge is 0.244 e. The van der Waals surface area contributed by atoms with E-state index in [1.54, 1.807) is 19.2 Å². The number of pyridine rings is 1. The summed E-state index contributed by atoms with van der Waals surface area (Å²) in [5.41, 5.74) is 3.09. The lowest BCUT2D eigenvalue weighted by Gasteiger charge is -2.16. The van der Waals surface area contributed by atoms with Crippen molar-refractivity contribution in [3.63, 3.8) is 0 Å². The number of carbonyl (C=O) groups excluding carboxylic acids is 1. The fourth-order valence-electron chi connectivity index (χ4n) is 3.50.